The van der Waals surface area contributed by atoms with Gasteiger partial charge in [-0.3, -0.25) is 9.69 Å². The topological polar surface area (TPSA) is 92.5 Å². The van der Waals surface area contributed by atoms with Crippen LogP contribution in [0.1, 0.15) is 15.9 Å². The smallest absolute Gasteiger partial charge is 0.277 e. The van der Waals surface area contributed by atoms with E-state index in [2.05, 4.69) is 5.32 Å². The van der Waals surface area contributed by atoms with Crippen LogP contribution in [0.25, 0.3) is 0 Å². The van der Waals surface area contributed by atoms with Crippen LogP contribution >= 0.6 is 0 Å². The Balaban J connectivity index is 1.95. The molecule has 0 unspecified atom stereocenters. The van der Waals surface area contributed by atoms with Gasteiger partial charge < -0.3 is 11.1 Å². The van der Waals surface area contributed by atoms with Crippen LogP contribution < -0.4 is 11.1 Å². The highest BCUT2D eigenvalue weighted by atomic mass is 32.2. The van der Waals surface area contributed by atoms with Crippen LogP contribution in [-0.4, -0.2) is 62.8 Å². The average Bonchev–Trinajstić information content (AvgIpc) is 2.55. The normalized spacial score (nSPS) is 18.3. The van der Waals surface area contributed by atoms with E-state index in [1.54, 1.807) is 18.2 Å². The van der Waals surface area contributed by atoms with Gasteiger partial charge in [0, 0.05) is 25.2 Å². The number of alkyl halides is 2. The van der Waals surface area contributed by atoms with E-state index in [1.807, 2.05) is 11.0 Å². The SMILES string of the molecule is NCC(F)(F)CNC(=O)c1cccc(CN2CCS(=O)(=O)CC2)c1. The maximum Gasteiger partial charge on any atom is 0.277 e. The van der Waals surface area contributed by atoms with Crippen molar-refractivity contribution < 1.29 is 22.0 Å². The first-order chi connectivity index (χ1) is 11.2. The summed E-state index contributed by atoms with van der Waals surface area (Å²) in [6.07, 6.45) is 0. The Morgan fingerprint density at radius 1 is 1.29 bits per heavy atom. The van der Waals surface area contributed by atoms with E-state index < -0.39 is 34.8 Å². The first-order valence-corrected chi connectivity index (χ1v) is 9.41. The molecule has 1 fully saturated rings. The fourth-order valence-corrected chi connectivity index (χ4v) is 3.64. The highest BCUT2D eigenvalue weighted by Crippen LogP contribution is 2.13. The molecule has 24 heavy (non-hydrogen) atoms. The number of rotatable bonds is 6. The molecule has 1 amide bonds. The van der Waals surface area contributed by atoms with Crippen LogP contribution in [-0.2, 0) is 16.4 Å². The first kappa shape index (κ1) is 18.8. The molecule has 1 saturated heterocycles. The number of hydrogen-bond donors (Lipinski definition) is 2. The number of benzene rings is 1. The van der Waals surface area contributed by atoms with Gasteiger partial charge in [0.1, 0.15) is 0 Å². The monoisotopic (exact) mass is 361 g/mol. The summed E-state index contributed by atoms with van der Waals surface area (Å²) in [5, 5.41) is 2.17. The fourth-order valence-electron chi connectivity index (χ4n) is 2.36. The van der Waals surface area contributed by atoms with Crippen molar-refractivity contribution in [3.63, 3.8) is 0 Å². The summed E-state index contributed by atoms with van der Waals surface area (Å²) in [7, 11) is -2.94. The lowest BCUT2D eigenvalue weighted by atomic mass is 10.1. The molecule has 0 bridgehead atoms. The molecule has 0 radical (unpaired) electrons. The van der Waals surface area contributed by atoms with Crippen LogP contribution in [0.15, 0.2) is 24.3 Å². The highest BCUT2D eigenvalue weighted by molar-refractivity contribution is 7.91. The molecule has 6 nitrogen and oxygen atoms in total. The predicted octanol–water partition coefficient (Wildman–Crippen LogP) is 0.241. The molecule has 1 heterocycles. The lowest BCUT2D eigenvalue weighted by Crippen LogP contribution is -2.41. The molecule has 1 aromatic carbocycles. The number of hydrogen-bond acceptors (Lipinski definition) is 5. The summed E-state index contributed by atoms with van der Waals surface area (Å²) in [6.45, 7) is -0.236. The minimum absolute atomic E-state index is 0.126. The van der Waals surface area contributed by atoms with Crippen molar-refractivity contribution in [2.24, 2.45) is 5.73 Å². The number of carbonyl (C=O) groups is 1. The molecule has 1 aliphatic rings. The second-order valence-electron chi connectivity index (χ2n) is 5.87. The van der Waals surface area contributed by atoms with E-state index in [0.717, 1.165) is 5.56 Å². The van der Waals surface area contributed by atoms with Crippen LogP contribution in [0.4, 0.5) is 8.78 Å². The fraction of sp³-hybridized carbons (Fsp3) is 0.533. The maximum atomic E-state index is 13.1. The first-order valence-electron chi connectivity index (χ1n) is 7.59. The van der Waals surface area contributed by atoms with E-state index in [0.29, 0.717) is 19.6 Å². The number of halogens is 2. The average molecular weight is 361 g/mol. The minimum Gasteiger partial charge on any atom is -0.346 e. The summed E-state index contributed by atoms with van der Waals surface area (Å²) in [6, 6.07) is 6.65. The third-order valence-electron chi connectivity index (χ3n) is 3.84. The van der Waals surface area contributed by atoms with Crippen LogP contribution in [0.3, 0.4) is 0 Å². The van der Waals surface area contributed by atoms with Gasteiger partial charge >= 0.3 is 0 Å². The van der Waals surface area contributed by atoms with E-state index in [4.69, 9.17) is 5.73 Å². The van der Waals surface area contributed by atoms with E-state index in [1.165, 1.54) is 0 Å². The lowest BCUT2D eigenvalue weighted by molar-refractivity contribution is 0.0118. The third-order valence-corrected chi connectivity index (χ3v) is 5.45. The molecule has 9 heteroatoms. The van der Waals surface area contributed by atoms with Gasteiger partial charge in [-0.15, -0.1) is 0 Å². The minimum atomic E-state index is -3.13. The molecule has 2 rings (SSSR count). The van der Waals surface area contributed by atoms with Gasteiger partial charge in [0.2, 0.25) is 0 Å². The number of nitrogens with one attached hydrogen (secondary N) is 1. The summed E-state index contributed by atoms with van der Waals surface area (Å²) in [5.74, 6) is -3.47. The molecule has 0 aliphatic carbocycles. The second-order valence-corrected chi connectivity index (χ2v) is 8.17. The van der Waals surface area contributed by atoms with Crippen molar-refractivity contribution in [3.05, 3.63) is 35.4 Å². The summed E-state index contributed by atoms with van der Waals surface area (Å²) >= 11 is 0. The van der Waals surface area contributed by atoms with Crippen molar-refractivity contribution in [3.8, 4) is 0 Å². The molecular weight excluding hydrogens is 340 g/mol. The lowest BCUT2D eigenvalue weighted by Gasteiger charge is -2.26. The van der Waals surface area contributed by atoms with Gasteiger partial charge in [0.15, 0.2) is 9.84 Å². The quantitative estimate of drug-likeness (QED) is 0.757. The summed E-state index contributed by atoms with van der Waals surface area (Å²) in [5.41, 5.74) is 6.04. The number of sulfone groups is 1. The molecular formula is C15H21F2N3O3S. The van der Waals surface area contributed by atoms with Gasteiger partial charge in [0.05, 0.1) is 24.6 Å². The Hall–Kier alpha value is -1.58. The number of amides is 1. The molecule has 0 atom stereocenters. The Labute approximate surface area is 139 Å². The molecule has 1 aliphatic heterocycles. The van der Waals surface area contributed by atoms with Gasteiger partial charge in [-0.2, -0.15) is 0 Å². The molecule has 0 saturated carbocycles. The van der Waals surface area contributed by atoms with Crippen molar-refractivity contribution in [1.29, 1.82) is 0 Å². The predicted molar refractivity (Wildman–Crippen MR) is 86.7 cm³/mol. The molecule has 3 N–H and O–H groups in total. The summed E-state index contributed by atoms with van der Waals surface area (Å²) in [4.78, 5) is 13.9. The second kappa shape index (κ2) is 7.54. The Morgan fingerprint density at radius 2 is 1.96 bits per heavy atom. The van der Waals surface area contributed by atoms with Crippen molar-refractivity contribution in [2.75, 3.05) is 37.7 Å². The van der Waals surface area contributed by atoms with Crippen LogP contribution in [0.2, 0.25) is 0 Å². The van der Waals surface area contributed by atoms with E-state index in [-0.39, 0.29) is 17.1 Å². The molecule has 134 valence electrons. The van der Waals surface area contributed by atoms with Crippen LogP contribution in [0, 0.1) is 0 Å². The number of nitrogens with two attached hydrogens (primary N) is 1. The third kappa shape index (κ3) is 5.50. The molecule has 1 aromatic rings. The van der Waals surface area contributed by atoms with Crippen molar-refractivity contribution in [1.82, 2.24) is 10.2 Å². The largest absolute Gasteiger partial charge is 0.346 e. The van der Waals surface area contributed by atoms with Crippen LogP contribution in [0.5, 0.6) is 0 Å². The van der Waals surface area contributed by atoms with Gasteiger partial charge in [0.25, 0.3) is 11.8 Å². The zero-order chi connectivity index (χ0) is 17.8. The zero-order valence-electron chi connectivity index (χ0n) is 13.2. The van der Waals surface area contributed by atoms with Crippen molar-refractivity contribution >= 4 is 15.7 Å². The maximum absolute atomic E-state index is 13.1. The zero-order valence-corrected chi connectivity index (χ0v) is 14.0. The Bertz CT molecular complexity index is 681. The summed E-state index contributed by atoms with van der Waals surface area (Å²) < 4.78 is 49.0. The Kier molecular flexibility index (Phi) is 5.89. The number of nitrogens with zero attached hydrogens (tertiary/aromatic N) is 1. The van der Waals surface area contributed by atoms with Gasteiger partial charge in [-0.05, 0) is 17.7 Å². The molecule has 0 spiro atoms. The molecule has 0 aromatic heterocycles. The Morgan fingerprint density at radius 3 is 2.58 bits per heavy atom. The van der Waals surface area contributed by atoms with Gasteiger partial charge in [-0.25, -0.2) is 17.2 Å². The van der Waals surface area contributed by atoms with E-state index >= 15 is 0 Å². The van der Waals surface area contributed by atoms with Gasteiger partial charge in [-0.1, -0.05) is 12.1 Å². The highest BCUT2D eigenvalue weighted by Gasteiger charge is 2.27. The van der Waals surface area contributed by atoms with E-state index in [9.17, 15) is 22.0 Å². The standard InChI is InChI=1S/C15H21F2N3O3S/c16-15(17,10-18)11-19-14(21)13-3-1-2-12(8-13)9-20-4-6-24(22,23)7-5-20/h1-3,8H,4-7,9-11,18H2,(H,19,21). The number of carbonyl (C=O) groups excluding carboxylic acids is 1. The van der Waals surface area contributed by atoms with Crippen molar-refractivity contribution in [2.45, 2.75) is 12.5 Å².